The molecule has 0 radical (unpaired) electrons. The molecule has 0 saturated heterocycles. The molecular weight excluding hydrogens is 458 g/mol. The fourth-order valence-electron chi connectivity index (χ4n) is 2.76. The van der Waals surface area contributed by atoms with Crippen molar-refractivity contribution < 1.29 is 19.5 Å². The van der Waals surface area contributed by atoms with Crippen molar-refractivity contribution in [2.45, 2.75) is 0 Å². The second-order valence-electron chi connectivity index (χ2n) is 6.38. The second kappa shape index (κ2) is 8.72. The highest BCUT2D eigenvalue weighted by Crippen LogP contribution is 2.28. The number of hydrogen-bond donors (Lipinski definition) is 3. The maximum atomic E-state index is 12.8. The first-order valence-electron chi connectivity index (χ1n) is 8.96. The van der Waals surface area contributed by atoms with E-state index in [4.69, 9.17) is 17.3 Å². The van der Waals surface area contributed by atoms with Gasteiger partial charge < -0.3 is 10.8 Å². The third-order valence-corrected chi connectivity index (χ3v) is 4.53. The summed E-state index contributed by atoms with van der Waals surface area (Å²) < 4.78 is 5.69. The molecule has 0 unspecified atom stereocenters. The first-order chi connectivity index (χ1) is 15.8. The number of carbonyl (C=O) groups excluding carboxylic acids is 1. The van der Waals surface area contributed by atoms with E-state index >= 15 is 0 Å². The number of carbonyl (C=O) groups is 1. The molecule has 166 valence electrons. The monoisotopic (exact) mass is 469 g/mol. The molecule has 4 rings (SSSR count). The highest BCUT2D eigenvalue weighted by Gasteiger charge is 2.25. The molecular formula is C18H12ClN9O5. The van der Waals surface area contributed by atoms with Gasteiger partial charge in [0.25, 0.3) is 11.6 Å². The van der Waals surface area contributed by atoms with Gasteiger partial charge in [-0.25, -0.2) is 10.1 Å². The van der Waals surface area contributed by atoms with Crippen LogP contribution < -0.4 is 11.2 Å². The van der Waals surface area contributed by atoms with Gasteiger partial charge in [0.1, 0.15) is 11.4 Å². The van der Waals surface area contributed by atoms with E-state index in [1.165, 1.54) is 48.7 Å². The highest BCUT2D eigenvalue weighted by molar-refractivity contribution is 6.30. The fraction of sp³-hybridized carbons (Fsp3) is 0. The van der Waals surface area contributed by atoms with Crippen LogP contribution in [0.2, 0.25) is 5.02 Å². The van der Waals surface area contributed by atoms with Crippen LogP contribution >= 0.6 is 11.6 Å². The summed E-state index contributed by atoms with van der Waals surface area (Å²) in [7, 11) is 0. The molecule has 2 heterocycles. The van der Waals surface area contributed by atoms with Crippen molar-refractivity contribution >= 4 is 35.2 Å². The van der Waals surface area contributed by atoms with Crippen molar-refractivity contribution in [3.05, 3.63) is 68.9 Å². The Morgan fingerprint density at radius 3 is 2.70 bits per heavy atom. The summed E-state index contributed by atoms with van der Waals surface area (Å²) in [5.41, 5.74) is 8.37. The van der Waals surface area contributed by atoms with Gasteiger partial charge in [-0.15, -0.1) is 5.10 Å². The summed E-state index contributed by atoms with van der Waals surface area (Å²) in [4.78, 5) is 23.2. The van der Waals surface area contributed by atoms with Gasteiger partial charge in [-0.05, 0) is 40.6 Å². The Kier molecular flexibility index (Phi) is 5.65. The maximum Gasteiger partial charge on any atom is 0.294 e. The van der Waals surface area contributed by atoms with E-state index in [1.807, 2.05) is 0 Å². The van der Waals surface area contributed by atoms with Crippen LogP contribution in [0.15, 0.2) is 52.2 Å². The first-order valence-corrected chi connectivity index (χ1v) is 9.34. The Bertz CT molecular complexity index is 1380. The zero-order valence-corrected chi connectivity index (χ0v) is 17.0. The molecule has 2 aromatic heterocycles. The first kappa shape index (κ1) is 21.4. The van der Waals surface area contributed by atoms with Gasteiger partial charge in [0.2, 0.25) is 11.6 Å². The molecule has 2 aromatic carbocycles. The number of nitrogens with zero attached hydrogens (tertiary/aromatic N) is 7. The van der Waals surface area contributed by atoms with Crippen LogP contribution in [0.4, 0.5) is 11.5 Å². The summed E-state index contributed by atoms with van der Waals surface area (Å²) >= 11 is 5.89. The number of aromatic hydroxyl groups is 1. The number of nitro benzene ring substituents is 1. The van der Waals surface area contributed by atoms with E-state index in [0.29, 0.717) is 10.6 Å². The SMILES string of the molecule is Nc1nonc1-n1nnc(C(=O)N/N=C\c2cc(Cl)ccc2O)c1-c1ccc([N+](=O)[O-])cc1. The molecule has 0 spiro atoms. The van der Waals surface area contributed by atoms with Crippen molar-refractivity contribution in [1.82, 2.24) is 30.7 Å². The third-order valence-electron chi connectivity index (χ3n) is 4.29. The van der Waals surface area contributed by atoms with Crippen LogP contribution in [0.1, 0.15) is 16.1 Å². The number of aromatic nitrogens is 5. The molecule has 0 aliphatic heterocycles. The number of nitrogens with two attached hydrogens (primary N) is 1. The standard InChI is InChI=1S/C18H12ClN9O5/c19-11-3-6-13(29)10(7-11)8-21-23-18(30)14-15(9-1-4-12(5-2-9)28(31)32)27(26-22-14)17-16(20)24-33-25-17/h1-8,29H,(H2,20,24)(H,23,30)/b21-8-. The molecule has 0 aliphatic carbocycles. The van der Waals surface area contributed by atoms with E-state index in [-0.39, 0.29) is 40.0 Å². The topological polar surface area (TPSA) is 200 Å². The number of nitro groups is 1. The van der Waals surface area contributed by atoms with Crippen LogP contribution in [0.25, 0.3) is 17.1 Å². The van der Waals surface area contributed by atoms with Crippen LogP contribution in [-0.4, -0.2) is 47.5 Å². The van der Waals surface area contributed by atoms with Crippen molar-refractivity contribution in [3.8, 4) is 22.8 Å². The maximum absolute atomic E-state index is 12.8. The number of benzene rings is 2. The predicted octanol–water partition coefficient (Wildman–Crippen LogP) is 1.93. The number of non-ortho nitro benzene ring substituents is 1. The summed E-state index contributed by atoms with van der Waals surface area (Å²) in [5, 5.41) is 39.8. The molecule has 0 atom stereocenters. The van der Waals surface area contributed by atoms with Crippen molar-refractivity contribution in [1.29, 1.82) is 0 Å². The Balaban J connectivity index is 1.70. The average Bonchev–Trinajstić information content (AvgIpc) is 3.42. The van der Waals surface area contributed by atoms with Gasteiger partial charge in [-0.1, -0.05) is 16.8 Å². The average molecular weight is 470 g/mol. The summed E-state index contributed by atoms with van der Waals surface area (Å²) in [6.07, 6.45) is 1.19. The minimum absolute atomic E-state index is 0.0396. The summed E-state index contributed by atoms with van der Waals surface area (Å²) in [6.45, 7) is 0. The van der Waals surface area contributed by atoms with Gasteiger partial charge in [0.05, 0.1) is 11.1 Å². The number of halogens is 1. The van der Waals surface area contributed by atoms with Crippen LogP contribution in [0.5, 0.6) is 5.75 Å². The van der Waals surface area contributed by atoms with Crippen LogP contribution in [0.3, 0.4) is 0 Å². The Labute approximate surface area is 188 Å². The number of nitrogen functional groups attached to an aromatic ring is 1. The number of nitrogens with one attached hydrogen (secondary N) is 1. The number of phenolic OH excluding ortho intramolecular Hbond substituents is 1. The number of anilines is 1. The zero-order valence-electron chi connectivity index (χ0n) is 16.3. The lowest BCUT2D eigenvalue weighted by Gasteiger charge is -2.06. The molecule has 0 aliphatic rings. The summed E-state index contributed by atoms with van der Waals surface area (Å²) in [5.74, 6) is -1.03. The minimum Gasteiger partial charge on any atom is -0.507 e. The van der Waals surface area contributed by atoms with E-state index in [9.17, 15) is 20.0 Å². The highest BCUT2D eigenvalue weighted by atomic mass is 35.5. The van der Waals surface area contributed by atoms with E-state index in [1.54, 1.807) is 0 Å². The van der Waals surface area contributed by atoms with Crippen LogP contribution in [-0.2, 0) is 0 Å². The van der Waals surface area contributed by atoms with Gasteiger partial charge in [-0.2, -0.15) is 9.78 Å². The smallest absolute Gasteiger partial charge is 0.294 e. The van der Waals surface area contributed by atoms with E-state index in [2.05, 4.69) is 35.8 Å². The molecule has 14 nitrogen and oxygen atoms in total. The Hall–Kier alpha value is -4.85. The molecule has 4 aromatic rings. The summed E-state index contributed by atoms with van der Waals surface area (Å²) in [6, 6.07) is 9.62. The van der Waals surface area contributed by atoms with Crippen LogP contribution in [0, 0.1) is 10.1 Å². The van der Waals surface area contributed by atoms with Crippen molar-refractivity contribution in [2.24, 2.45) is 5.10 Å². The van der Waals surface area contributed by atoms with Gasteiger partial charge in [0.15, 0.2) is 5.69 Å². The Morgan fingerprint density at radius 2 is 2.03 bits per heavy atom. The zero-order chi connectivity index (χ0) is 23.5. The lowest BCUT2D eigenvalue weighted by atomic mass is 10.1. The molecule has 4 N–H and O–H groups in total. The lowest BCUT2D eigenvalue weighted by Crippen LogP contribution is -2.19. The number of phenols is 1. The van der Waals surface area contributed by atoms with Crippen molar-refractivity contribution in [3.63, 3.8) is 0 Å². The number of amides is 1. The van der Waals surface area contributed by atoms with E-state index in [0.717, 1.165) is 4.68 Å². The van der Waals surface area contributed by atoms with E-state index < -0.39 is 10.8 Å². The lowest BCUT2D eigenvalue weighted by molar-refractivity contribution is -0.384. The van der Waals surface area contributed by atoms with Gasteiger partial charge in [-0.3, -0.25) is 14.9 Å². The predicted molar refractivity (Wildman–Crippen MR) is 114 cm³/mol. The van der Waals surface area contributed by atoms with Gasteiger partial charge >= 0.3 is 0 Å². The molecule has 0 fully saturated rings. The molecule has 0 saturated carbocycles. The largest absolute Gasteiger partial charge is 0.507 e. The third kappa shape index (κ3) is 4.31. The second-order valence-corrected chi connectivity index (χ2v) is 6.81. The molecule has 15 heteroatoms. The molecule has 33 heavy (non-hydrogen) atoms. The van der Waals surface area contributed by atoms with Crippen molar-refractivity contribution in [2.75, 3.05) is 5.73 Å². The Morgan fingerprint density at radius 1 is 1.27 bits per heavy atom. The number of hydrazone groups is 1. The number of hydrogen-bond acceptors (Lipinski definition) is 11. The molecule has 1 amide bonds. The minimum atomic E-state index is -0.776. The normalized spacial score (nSPS) is 11.1. The van der Waals surface area contributed by atoms with Gasteiger partial charge in [0, 0.05) is 28.3 Å². The fourth-order valence-corrected chi connectivity index (χ4v) is 2.94. The number of rotatable bonds is 6. The molecule has 0 bridgehead atoms. The quantitative estimate of drug-likeness (QED) is 0.213.